The Kier molecular flexibility index (Phi) is 4.34. The molecular formula is C12H20N4O. The van der Waals surface area contributed by atoms with Gasteiger partial charge in [0.05, 0.1) is 11.4 Å². The molecule has 0 bridgehead atoms. The number of nitrogens with two attached hydrogens (primary N) is 2. The second-order valence-corrected chi connectivity index (χ2v) is 4.47. The maximum Gasteiger partial charge on any atom is 0.248 e. The molecule has 1 unspecified atom stereocenters. The average Bonchev–Trinajstić information content (AvgIpc) is 2.19. The van der Waals surface area contributed by atoms with E-state index in [9.17, 15) is 4.79 Å². The number of carbonyl (C=O) groups is 1. The summed E-state index contributed by atoms with van der Waals surface area (Å²) >= 11 is 0. The van der Waals surface area contributed by atoms with Crippen LogP contribution in [0.4, 0.5) is 11.4 Å². The minimum Gasteiger partial charge on any atom is -0.397 e. The van der Waals surface area contributed by atoms with Crippen LogP contribution in [0.3, 0.4) is 0 Å². The van der Waals surface area contributed by atoms with Gasteiger partial charge in [0.15, 0.2) is 0 Å². The van der Waals surface area contributed by atoms with Crippen molar-refractivity contribution >= 4 is 17.3 Å². The molecule has 5 N–H and O–H groups in total. The topological polar surface area (TPSA) is 84.4 Å². The summed E-state index contributed by atoms with van der Waals surface area (Å²) < 4.78 is 0. The third-order valence-corrected chi connectivity index (χ3v) is 2.38. The van der Waals surface area contributed by atoms with Gasteiger partial charge in [-0.1, -0.05) is 0 Å². The third-order valence-electron chi connectivity index (χ3n) is 2.38. The van der Waals surface area contributed by atoms with E-state index >= 15 is 0 Å². The Labute approximate surface area is 102 Å². The van der Waals surface area contributed by atoms with Crippen LogP contribution >= 0.6 is 0 Å². The number of rotatable bonds is 5. The molecule has 0 fully saturated rings. The highest BCUT2D eigenvalue weighted by atomic mass is 16.1. The van der Waals surface area contributed by atoms with Gasteiger partial charge >= 0.3 is 0 Å². The van der Waals surface area contributed by atoms with Crippen LogP contribution in [0, 0.1) is 0 Å². The fourth-order valence-corrected chi connectivity index (χ4v) is 1.71. The lowest BCUT2D eigenvalue weighted by Crippen LogP contribution is -2.29. The summed E-state index contributed by atoms with van der Waals surface area (Å²) in [4.78, 5) is 13.1. The molecule has 0 saturated heterocycles. The SMILES string of the molecule is CC(CN(C)C)Nc1ccc(C(N)=O)cc1N. The number of anilines is 2. The molecular weight excluding hydrogens is 216 g/mol. The van der Waals surface area contributed by atoms with Crippen molar-refractivity contribution in [1.29, 1.82) is 0 Å². The first kappa shape index (κ1) is 13.3. The van der Waals surface area contributed by atoms with E-state index in [4.69, 9.17) is 11.5 Å². The lowest BCUT2D eigenvalue weighted by Gasteiger charge is -2.20. The summed E-state index contributed by atoms with van der Waals surface area (Å²) in [5.74, 6) is -0.468. The Morgan fingerprint density at radius 3 is 2.59 bits per heavy atom. The molecule has 0 aromatic heterocycles. The largest absolute Gasteiger partial charge is 0.397 e. The van der Waals surface area contributed by atoms with E-state index in [-0.39, 0.29) is 6.04 Å². The van der Waals surface area contributed by atoms with Crippen LogP contribution in [-0.4, -0.2) is 37.5 Å². The van der Waals surface area contributed by atoms with Crippen LogP contribution in [0.5, 0.6) is 0 Å². The molecule has 0 spiro atoms. The van der Waals surface area contributed by atoms with Gasteiger partial charge in [0, 0.05) is 18.2 Å². The fourth-order valence-electron chi connectivity index (χ4n) is 1.71. The van der Waals surface area contributed by atoms with Gasteiger partial charge in [-0.3, -0.25) is 4.79 Å². The highest BCUT2D eigenvalue weighted by molar-refractivity contribution is 5.94. The average molecular weight is 236 g/mol. The highest BCUT2D eigenvalue weighted by Crippen LogP contribution is 2.20. The summed E-state index contributed by atoms with van der Waals surface area (Å²) in [5, 5.41) is 3.29. The van der Waals surface area contributed by atoms with Gasteiger partial charge in [-0.25, -0.2) is 0 Å². The number of benzene rings is 1. The van der Waals surface area contributed by atoms with Gasteiger partial charge in [-0.2, -0.15) is 0 Å². The normalized spacial score (nSPS) is 12.5. The van der Waals surface area contributed by atoms with Crippen LogP contribution in [0.25, 0.3) is 0 Å². The van der Waals surface area contributed by atoms with Crippen molar-refractivity contribution in [2.75, 3.05) is 31.7 Å². The van der Waals surface area contributed by atoms with Crippen LogP contribution in [0.2, 0.25) is 0 Å². The molecule has 0 aliphatic rings. The van der Waals surface area contributed by atoms with E-state index in [2.05, 4.69) is 17.1 Å². The molecule has 1 atom stereocenters. The minimum atomic E-state index is -0.468. The van der Waals surface area contributed by atoms with Crippen molar-refractivity contribution in [2.45, 2.75) is 13.0 Å². The highest BCUT2D eigenvalue weighted by Gasteiger charge is 2.08. The standard InChI is InChI=1S/C12H20N4O/c1-8(7-16(2)3)15-11-5-4-9(12(14)17)6-10(11)13/h4-6,8,15H,7,13H2,1-3H3,(H2,14,17). The van der Waals surface area contributed by atoms with Gasteiger partial charge in [-0.15, -0.1) is 0 Å². The minimum absolute atomic E-state index is 0.270. The molecule has 0 aliphatic carbocycles. The van der Waals surface area contributed by atoms with Crippen molar-refractivity contribution in [3.63, 3.8) is 0 Å². The molecule has 17 heavy (non-hydrogen) atoms. The summed E-state index contributed by atoms with van der Waals surface area (Å²) in [6.07, 6.45) is 0. The Morgan fingerprint density at radius 1 is 1.47 bits per heavy atom. The van der Waals surface area contributed by atoms with E-state index in [0.717, 1.165) is 12.2 Å². The molecule has 0 heterocycles. The molecule has 1 amide bonds. The second-order valence-electron chi connectivity index (χ2n) is 4.47. The lowest BCUT2D eigenvalue weighted by atomic mass is 10.1. The molecule has 0 saturated carbocycles. The third kappa shape index (κ3) is 3.96. The number of nitrogens with zero attached hydrogens (tertiary/aromatic N) is 1. The zero-order valence-corrected chi connectivity index (χ0v) is 10.5. The zero-order chi connectivity index (χ0) is 13.0. The summed E-state index contributed by atoms with van der Waals surface area (Å²) in [6, 6.07) is 5.31. The number of nitrogen functional groups attached to an aromatic ring is 1. The molecule has 1 aromatic carbocycles. The number of primary amides is 1. The van der Waals surface area contributed by atoms with Crippen LogP contribution in [-0.2, 0) is 0 Å². The Morgan fingerprint density at radius 2 is 2.12 bits per heavy atom. The summed E-state index contributed by atoms with van der Waals surface area (Å²) in [5.41, 5.74) is 12.8. The quantitative estimate of drug-likeness (QED) is 0.658. The number of hydrogen-bond donors (Lipinski definition) is 3. The van der Waals surface area contributed by atoms with Crippen molar-refractivity contribution in [1.82, 2.24) is 4.90 Å². The smallest absolute Gasteiger partial charge is 0.248 e. The van der Waals surface area contributed by atoms with Gasteiger partial charge in [0.25, 0.3) is 0 Å². The van der Waals surface area contributed by atoms with Crippen molar-refractivity contribution in [3.8, 4) is 0 Å². The maximum absolute atomic E-state index is 11.0. The molecule has 94 valence electrons. The van der Waals surface area contributed by atoms with Crippen molar-refractivity contribution in [3.05, 3.63) is 23.8 Å². The first-order chi connectivity index (χ1) is 7.90. The molecule has 0 aliphatic heterocycles. The number of carbonyl (C=O) groups excluding carboxylic acids is 1. The first-order valence-electron chi connectivity index (χ1n) is 5.50. The molecule has 1 aromatic rings. The van der Waals surface area contributed by atoms with Crippen LogP contribution in [0.15, 0.2) is 18.2 Å². The van der Waals surface area contributed by atoms with Gasteiger partial charge in [0.2, 0.25) is 5.91 Å². The maximum atomic E-state index is 11.0. The van der Waals surface area contributed by atoms with Crippen molar-refractivity contribution in [2.24, 2.45) is 5.73 Å². The second kappa shape index (κ2) is 5.54. The van der Waals surface area contributed by atoms with Gasteiger partial charge in [0.1, 0.15) is 0 Å². The van der Waals surface area contributed by atoms with E-state index in [1.807, 2.05) is 14.1 Å². The van der Waals surface area contributed by atoms with E-state index in [1.165, 1.54) is 0 Å². The Balaban J connectivity index is 2.75. The molecule has 1 rings (SSSR count). The van der Waals surface area contributed by atoms with Crippen LogP contribution < -0.4 is 16.8 Å². The first-order valence-corrected chi connectivity index (χ1v) is 5.50. The zero-order valence-electron chi connectivity index (χ0n) is 10.5. The predicted octanol–water partition coefficient (Wildman–Crippen LogP) is 0.730. The number of nitrogens with one attached hydrogen (secondary N) is 1. The number of amides is 1. The molecule has 0 radical (unpaired) electrons. The number of hydrogen-bond acceptors (Lipinski definition) is 4. The summed E-state index contributed by atoms with van der Waals surface area (Å²) in [7, 11) is 4.02. The van der Waals surface area contributed by atoms with Gasteiger partial charge in [-0.05, 0) is 39.2 Å². The predicted molar refractivity (Wildman–Crippen MR) is 71.0 cm³/mol. The van der Waals surface area contributed by atoms with E-state index < -0.39 is 5.91 Å². The molecule has 5 heteroatoms. The van der Waals surface area contributed by atoms with Crippen molar-refractivity contribution < 1.29 is 4.79 Å². The van der Waals surface area contributed by atoms with Gasteiger partial charge < -0.3 is 21.7 Å². The Bertz CT molecular complexity index is 403. The lowest BCUT2D eigenvalue weighted by molar-refractivity contribution is 0.100. The van der Waals surface area contributed by atoms with E-state index in [0.29, 0.717) is 11.3 Å². The summed E-state index contributed by atoms with van der Waals surface area (Å²) in [6.45, 7) is 2.97. The molecule has 5 nitrogen and oxygen atoms in total. The van der Waals surface area contributed by atoms with E-state index in [1.54, 1.807) is 18.2 Å². The Hall–Kier alpha value is -1.75. The van der Waals surface area contributed by atoms with Crippen LogP contribution in [0.1, 0.15) is 17.3 Å². The number of likely N-dealkylation sites (N-methyl/N-ethyl adjacent to an activating group) is 1. The fraction of sp³-hybridized carbons (Fsp3) is 0.417. The monoisotopic (exact) mass is 236 g/mol.